The highest BCUT2D eigenvalue weighted by atomic mass is 16.5. The van der Waals surface area contributed by atoms with Crippen molar-refractivity contribution in [1.29, 1.82) is 0 Å². The Morgan fingerprint density at radius 2 is 2.53 bits per heavy atom. The highest BCUT2D eigenvalue weighted by molar-refractivity contribution is 5.80. The summed E-state index contributed by atoms with van der Waals surface area (Å²) in [6, 6.07) is -0.383. The van der Waals surface area contributed by atoms with E-state index in [1.807, 2.05) is 0 Å². The largest absolute Gasteiger partial charge is 0.464 e. The maximum Gasteiger partial charge on any atom is 0.328 e. The third-order valence-electron chi connectivity index (χ3n) is 2.77. The van der Waals surface area contributed by atoms with Gasteiger partial charge in [-0.1, -0.05) is 0 Å². The van der Waals surface area contributed by atoms with Gasteiger partial charge in [-0.2, -0.15) is 0 Å². The van der Waals surface area contributed by atoms with E-state index in [9.17, 15) is 9.59 Å². The minimum atomic E-state index is -0.383. The van der Waals surface area contributed by atoms with E-state index in [1.54, 1.807) is 11.8 Å². The van der Waals surface area contributed by atoms with Crippen LogP contribution in [0.5, 0.6) is 0 Å². The second-order valence-electron chi connectivity index (χ2n) is 3.85. The van der Waals surface area contributed by atoms with Crippen molar-refractivity contribution in [3.05, 3.63) is 22.7 Å². The standard InChI is InChI=1S/C11H15N3O3/c1-2-17-11(16)8-4-3-7-14(8)9-10(15)13-6-5-12-9/h5-6,8H,2-4,7H2,1H3,(H,13,15). The molecule has 6 nitrogen and oxygen atoms in total. The van der Waals surface area contributed by atoms with Crippen LogP contribution >= 0.6 is 0 Å². The van der Waals surface area contributed by atoms with E-state index in [4.69, 9.17) is 4.74 Å². The predicted octanol–water partition coefficient (Wildman–Crippen LogP) is 0.302. The minimum absolute atomic E-state index is 0.274. The molecule has 0 aliphatic carbocycles. The van der Waals surface area contributed by atoms with Crippen molar-refractivity contribution in [3.63, 3.8) is 0 Å². The Bertz CT molecular complexity index is 457. The van der Waals surface area contributed by atoms with E-state index in [0.717, 1.165) is 6.42 Å². The number of ether oxygens (including phenoxy) is 1. The Morgan fingerprint density at radius 1 is 1.71 bits per heavy atom. The Hall–Kier alpha value is -1.85. The van der Waals surface area contributed by atoms with Crippen molar-refractivity contribution in [3.8, 4) is 0 Å². The van der Waals surface area contributed by atoms with Gasteiger partial charge in [0.2, 0.25) is 0 Å². The number of aromatic amines is 1. The normalized spacial score (nSPS) is 19.4. The summed E-state index contributed by atoms with van der Waals surface area (Å²) >= 11 is 0. The van der Waals surface area contributed by atoms with Gasteiger partial charge in [-0.25, -0.2) is 9.78 Å². The summed E-state index contributed by atoms with van der Waals surface area (Å²) in [7, 11) is 0. The molecule has 1 aliphatic heterocycles. The van der Waals surface area contributed by atoms with Gasteiger partial charge in [0.05, 0.1) is 6.61 Å². The van der Waals surface area contributed by atoms with E-state index < -0.39 is 0 Å². The summed E-state index contributed by atoms with van der Waals surface area (Å²) in [6.07, 6.45) is 4.55. The summed E-state index contributed by atoms with van der Waals surface area (Å²) in [5, 5.41) is 0. The zero-order valence-electron chi connectivity index (χ0n) is 9.68. The molecule has 1 aromatic heterocycles. The molecule has 0 bridgehead atoms. The van der Waals surface area contributed by atoms with Gasteiger partial charge >= 0.3 is 5.97 Å². The monoisotopic (exact) mass is 237 g/mol. The van der Waals surface area contributed by atoms with Gasteiger partial charge in [0.1, 0.15) is 6.04 Å². The Balaban J connectivity index is 2.23. The molecule has 1 N–H and O–H groups in total. The molecule has 1 fully saturated rings. The van der Waals surface area contributed by atoms with E-state index >= 15 is 0 Å². The first kappa shape index (κ1) is 11.6. The van der Waals surface area contributed by atoms with Gasteiger partial charge in [-0.15, -0.1) is 0 Å². The number of anilines is 1. The summed E-state index contributed by atoms with van der Waals surface area (Å²) in [5.41, 5.74) is -0.274. The molecule has 1 unspecified atom stereocenters. The van der Waals surface area contributed by atoms with E-state index in [-0.39, 0.29) is 17.6 Å². The lowest BCUT2D eigenvalue weighted by Crippen LogP contribution is -2.40. The molecule has 6 heteroatoms. The number of rotatable bonds is 3. The van der Waals surface area contributed by atoms with Crippen LogP contribution in [-0.4, -0.2) is 35.1 Å². The van der Waals surface area contributed by atoms with Crippen LogP contribution in [0, 0.1) is 0 Å². The fraction of sp³-hybridized carbons (Fsp3) is 0.545. The second-order valence-corrected chi connectivity index (χ2v) is 3.85. The van der Waals surface area contributed by atoms with Crippen LogP contribution in [-0.2, 0) is 9.53 Å². The second kappa shape index (κ2) is 4.99. The first-order valence-electron chi connectivity index (χ1n) is 5.71. The molecular weight excluding hydrogens is 222 g/mol. The number of carbonyl (C=O) groups is 1. The van der Waals surface area contributed by atoms with E-state index in [2.05, 4.69) is 9.97 Å². The first-order chi connectivity index (χ1) is 8.24. The Kier molecular flexibility index (Phi) is 3.41. The molecule has 1 aromatic rings. The first-order valence-corrected chi connectivity index (χ1v) is 5.71. The number of H-pyrrole nitrogens is 1. The fourth-order valence-corrected chi connectivity index (χ4v) is 2.05. The Morgan fingerprint density at radius 3 is 3.24 bits per heavy atom. The smallest absolute Gasteiger partial charge is 0.328 e. The third kappa shape index (κ3) is 2.30. The number of hydrogen-bond donors (Lipinski definition) is 1. The van der Waals surface area contributed by atoms with Crippen molar-refractivity contribution in [1.82, 2.24) is 9.97 Å². The number of carbonyl (C=O) groups excluding carboxylic acids is 1. The van der Waals surface area contributed by atoms with Gasteiger partial charge in [-0.05, 0) is 19.8 Å². The lowest BCUT2D eigenvalue weighted by Gasteiger charge is -2.22. The highest BCUT2D eigenvalue weighted by Crippen LogP contribution is 2.21. The lowest BCUT2D eigenvalue weighted by molar-refractivity contribution is -0.144. The van der Waals surface area contributed by atoms with Crippen molar-refractivity contribution in [2.75, 3.05) is 18.1 Å². The van der Waals surface area contributed by atoms with Crippen LogP contribution in [0.15, 0.2) is 17.2 Å². The number of hydrogen-bond acceptors (Lipinski definition) is 5. The quantitative estimate of drug-likeness (QED) is 0.765. The SMILES string of the molecule is CCOC(=O)C1CCCN1c1ncc[nH]c1=O. The molecule has 92 valence electrons. The van der Waals surface area contributed by atoms with Crippen LogP contribution in [0.4, 0.5) is 5.82 Å². The number of esters is 1. The molecule has 2 rings (SSSR count). The van der Waals surface area contributed by atoms with Crippen LogP contribution in [0.1, 0.15) is 19.8 Å². The summed E-state index contributed by atoms with van der Waals surface area (Å²) in [6.45, 7) is 2.77. The van der Waals surface area contributed by atoms with Crippen LogP contribution in [0.25, 0.3) is 0 Å². The average Bonchev–Trinajstić information content (AvgIpc) is 2.79. The van der Waals surface area contributed by atoms with Crippen LogP contribution < -0.4 is 10.5 Å². The molecule has 0 radical (unpaired) electrons. The van der Waals surface area contributed by atoms with Crippen molar-refractivity contribution >= 4 is 11.8 Å². The van der Waals surface area contributed by atoms with Crippen molar-refractivity contribution < 1.29 is 9.53 Å². The molecule has 0 saturated carbocycles. The topological polar surface area (TPSA) is 75.3 Å². The fourth-order valence-electron chi connectivity index (χ4n) is 2.05. The third-order valence-corrected chi connectivity index (χ3v) is 2.77. The predicted molar refractivity (Wildman–Crippen MR) is 61.9 cm³/mol. The summed E-state index contributed by atoms with van der Waals surface area (Å²) < 4.78 is 5.00. The van der Waals surface area contributed by atoms with Crippen LogP contribution in [0.2, 0.25) is 0 Å². The van der Waals surface area contributed by atoms with Gasteiger partial charge < -0.3 is 14.6 Å². The number of nitrogens with one attached hydrogen (secondary N) is 1. The zero-order chi connectivity index (χ0) is 12.3. The lowest BCUT2D eigenvalue weighted by atomic mass is 10.2. The Labute approximate surface area is 98.6 Å². The molecule has 1 aliphatic rings. The molecule has 0 amide bonds. The van der Waals surface area contributed by atoms with Crippen molar-refractivity contribution in [2.24, 2.45) is 0 Å². The van der Waals surface area contributed by atoms with E-state index in [0.29, 0.717) is 25.4 Å². The molecule has 1 saturated heterocycles. The average molecular weight is 237 g/mol. The molecule has 2 heterocycles. The maximum atomic E-state index is 11.7. The van der Waals surface area contributed by atoms with Gasteiger partial charge in [0.15, 0.2) is 5.82 Å². The molecule has 17 heavy (non-hydrogen) atoms. The zero-order valence-corrected chi connectivity index (χ0v) is 9.68. The van der Waals surface area contributed by atoms with Crippen LogP contribution in [0.3, 0.4) is 0 Å². The molecule has 1 atom stereocenters. The summed E-state index contributed by atoms with van der Waals surface area (Å²) in [4.78, 5) is 31.7. The van der Waals surface area contributed by atoms with E-state index in [1.165, 1.54) is 12.4 Å². The number of nitrogens with zero attached hydrogens (tertiary/aromatic N) is 2. The van der Waals surface area contributed by atoms with Crippen molar-refractivity contribution in [2.45, 2.75) is 25.8 Å². The van der Waals surface area contributed by atoms with Gasteiger partial charge in [0, 0.05) is 18.9 Å². The molecule has 0 aromatic carbocycles. The minimum Gasteiger partial charge on any atom is -0.464 e. The summed E-state index contributed by atoms with van der Waals surface area (Å²) in [5.74, 6) is 0.0121. The highest BCUT2D eigenvalue weighted by Gasteiger charge is 2.33. The van der Waals surface area contributed by atoms with Gasteiger partial charge in [0.25, 0.3) is 5.56 Å². The maximum absolute atomic E-state index is 11.7. The number of aromatic nitrogens is 2. The van der Waals surface area contributed by atoms with Gasteiger partial charge in [-0.3, -0.25) is 4.79 Å². The molecule has 0 spiro atoms. The molecular formula is C11H15N3O3.